The van der Waals surface area contributed by atoms with Crippen LogP contribution in [0.3, 0.4) is 0 Å². The second-order valence-corrected chi connectivity index (χ2v) is 8.79. The number of piperazine rings is 1. The fourth-order valence-corrected chi connectivity index (χ4v) is 4.95. The molecule has 0 aliphatic carbocycles. The molecule has 2 heterocycles. The Balaban J connectivity index is 1.30. The average Bonchev–Trinajstić information content (AvgIpc) is 2.89. The van der Waals surface area contributed by atoms with E-state index in [-0.39, 0.29) is 24.4 Å². The minimum absolute atomic E-state index is 0.0589. The van der Waals surface area contributed by atoms with Crippen LogP contribution in [0.4, 0.5) is 5.69 Å². The maximum absolute atomic E-state index is 13.4. The van der Waals surface area contributed by atoms with Crippen molar-refractivity contribution in [2.75, 3.05) is 37.6 Å². The highest BCUT2D eigenvalue weighted by Crippen LogP contribution is 2.34. The Labute approximate surface area is 200 Å². The van der Waals surface area contributed by atoms with E-state index in [1.54, 1.807) is 4.90 Å². The normalized spacial score (nSPS) is 18.4. The molecule has 0 unspecified atom stereocenters. The van der Waals surface area contributed by atoms with Gasteiger partial charge >= 0.3 is 0 Å². The molecule has 2 amide bonds. The number of amides is 2. The van der Waals surface area contributed by atoms with Crippen LogP contribution in [0.5, 0.6) is 5.75 Å². The largest absolute Gasteiger partial charge is 0.476 e. The Morgan fingerprint density at radius 2 is 1.35 bits per heavy atom. The number of carbonyl (C=O) groups excluding carboxylic acids is 2. The Morgan fingerprint density at radius 3 is 1.94 bits per heavy atom. The van der Waals surface area contributed by atoms with Gasteiger partial charge in [0.1, 0.15) is 5.75 Å². The molecule has 3 aromatic carbocycles. The smallest absolute Gasteiger partial charge is 0.265 e. The standard InChI is InChI=1S/C28H29N3O3/c1-21(32)31-20-26(34-25-15-9-8-14-24(25)31)28(33)30-18-16-29(17-19-30)27(22-10-4-2-5-11-22)23-12-6-3-7-13-23/h2-15,26-27H,16-20H2,1H3/t26-/m1/s1. The van der Waals surface area contributed by atoms with Gasteiger partial charge in [0.25, 0.3) is 5.91 Å². The van der Waals surface area contributed by atoms with Crippen molar-refractivity contribution in [1.82, 2.24) is 9.80 Å². The number of para-hydroxylation sites is 2. The van der Waals surface area contributed by atoms with E-state index in [0.717, 1.165) is 18.8 Å². The van der Waals surface area contributed by atoms with Gasteiger partial charge in [-0.05, 0) is 23.3 Å². The first-order valence-electron chi connectivity index (χ1n) is 11.8. The molecule has 6 nitrogen and oxygen atoms in total. The Hall–Kier alpha value is -3.64. The Kier molecular flexibility index (Phi) is 6.32. The maximum Gasteiger partial charge on any atom is 0.265 e. The van der Waals surface area contributed by atoms with Crippen LogP contribution in [0.25, 0.3) is 0 Å². The lowest BCUT2D eigenvalue weighted by Crippen LogP contribution is -2.56. The zero-order valence-electron chi connectivity index (χ0n) is 19.3. The molecular formula is C28H29N3O3. The average molecular weight is 456 g/mol. The summed E-state index contributed by atoms with van der Waals surface area (Å²) in [5, 5.41) is 0. The van der Waals surface area contributed by atoms with E-state index < -0.39 is 6.10 Å². The fourth-order valence-electron chi connectivity index (χ4n) is 4.95. The molecule has 34 heavy (non-hydrogen) atoms. The number of fused-ring (bicyclic) bond motifs is 1. The van der Waals surface area contributed by atoms with Gasteiger partial charge in [0, 0.05) is 33.1 Å². The number of rotatable bonds is 4. The zero-order chi connectivity index (χ0) is 23.5. The quantitative estimate of drug-likeness (QED) is 0.602. The van der Waals surface area contributed by atoms with Crippen molar-refractivity contribution in [1.29, 1.82) is 0 Å². The summed E-state index contributed by atoms with van der Waals surface area (Å²) in [6.07, 6.45) is -0.690. The predicted molar refractivity (Wildman–Crippen MR) is 132 cm³/mol. The van der Waals surface area contributed by atoms with Crippen molar-refractivity contribution in [2.45, 2.75) is 19.1 Å². The van der Waals surface area contributed by atoms with Gasteiger partial charge in [0.2, 0.25) is 5.91 Å². The lowest BCUT2D eigenvalue weighted by atomic mass is 9.96. The monoisotopic (exact) mass is 455 g/mol. The van der Waals surface area contributed by atoms with Crippen LogP contribution in [0.15, 0.2) is 84.9 Å². The van der Waals surface area contributed by atoms with Crippen LogP contribution in [-0.4, -0.2) is 60.4 Å². The number of benzene rings is 3. The van der Waals surface area contributed by atoms with E-state index >= 15 is 0 Å². The number of ether oxygens (including phenoxy) is 1. The lowest BCUT2D eigenvalue weighted by Gasteiger charge is -2.41. The summed E-state index contributed by atoms with van der Waals surface area (Å²) in [7, 11) is 0. The molecule has 1 saturated heterocycles. The van der Waals surface area contributed by atoms with E-state index in [0.29, 0.717) is 18.8 Å². The molecule has 0 spiro atoms. The minimum Gasteiger partial charge on any atom is -0.476 e. The van der Waals surface area contributed by atoms with Gasteiger partial charge in [-0.15, -0.1) is 0 Å². The number of carbonyl (C=O) groups is 2. The third kappa shape index (κ3) is 4.41. The van der Waals surface area contributed by atoms with Crippen molar-refractivity contribution in [2.24, 2.45) is 0 Å². The summed E-state index contributed by atoms with van der Waals surface area (Å²) in [6.45, 7) is 4.53. The maximum atomic E-state index is 13.4. The van der Waals surface area contributed by atoms with Crippen LogP contribution < -0.4 is 9.64 Å². The summed E-state index contributed by atoms with van der Waals surface area (Å²) >= 11 is 0. The predicted octanol–water partition coefficient (Wildman–Crippen LogP) is 3.73. The Morgan fingerprint density at radius 1 is 0.794 bits per heavy atom. The summed E-state index contributed by atoms with van der Waals surface area (Å²) in [4.78, 5) is 31.6. The summed E-state index contributed by atoms with van der Waals surface area (Å²) in [6, 6.07) is 28.6. The van der Waals surface area contributed by atoms with Gasteiger partial charge in [-0.3, -0.25) is 14.5 Å². The van der Waals surface area contributed by atoms with Gasteiger partial charge in [-0.2, -0.15) is 0 Å². The third-order valence-electron chi connectivity index (χ3n) is 6.65. The van der Waals surface area contributed by atoms with Gasteiger partial charge in [0.05, 0.1) is 18.3 Å². The third-order valence-corrected chi connectivity index (χ3v) is 6.65. The van der Waals surface area contributed by atoms with Gasteiger partial charge in [-0.1, -0.05) is 72.8 Å². The van der Waals surface area contributed by atoms with Crippen LogP contribution in [0.2, 0.25) is 0 Å². The van der Waals surface area contributed by atoms with Crippen LogP contribution in [-0.2, 0) is 9.59 Å². The van der Waals surface area contributed by atoms with Gasteiger partial charge < -0.3 is 14.5 Å². The SMILES string of the molecule is CC(=O)N1C[C@H](C(=O)N2CCN(C(c3ccccc3)c3ccccc3)CC2)Oc2ccccc21. The number of hydrogen-bond acceptors (Lipinski definition) is 4. The molecule has 0 aromatic heterocycles. The molecule has 1 fully saturated rings. The number of nitrogens with zero attached hydrogens (tertiary/aromatic N) is 3. The van der Waals surface area contributed by atoms with Crippen molar-refractivity contribution >= 4 is 17.5 Å². The summed E-state index contributed by atoms with van der Waals surface area (Å²) in [5.74, 6) is 0.428. The first-order chi connectivity index (χ1) is 16.6. The highest BCUT2D eigenvalue weighted by Gasteiger charge is 2.37. The van der Waals surface area contributed by atoms with E-state index in [9.17, 15) is 9.59 Å². The van der Waals surface area contributed by atoms with Crippen molar-refractivity contribution < 1.29 is 14.3 Å². The molecule has 0 bridgehead atoms. The molecule has 5 rings (SSSR count). The highest BCUT2D eigenvalue weighted by atomic mass is 16.5. The molecule has 2 aliphatic rings. The molecule has 174 valence electrons. The van der Waals surface area contributed by atoms with Gasteiger partial charge in [-0.25, -0.2) is 0 Å². The van der Waals surface area contributed by atoms with Crippen LogP contribution in [0.1, 0.15) is 24.1 Å². The molecule has 6 heteroatoms. The molecule has 0 radical (unpaired) electrons. The minimum atomic E-state index is -0.690. The first-order valence-corrected chi connectivity index (χ1v) is 11.8. The van der Waals surface area contributed by atoms with E-state index in [1.165, 1.54) is 18.1 Å². The van der Waals surface area contributed by atoms with Gasteiger partial charge in [0.15, 0.2) is 6.10 Å². The zero-order valence-corrected chi connectivity index (χ0v) is 19.3. The van der Waals surface area contributed by atoms with E-state index in [4.69, 9.17) is 4.74 Å². The first kappa shape index (κ1) is 22.2. The topological polar surface area (TPSA) is 53.1 Å². The fraction of sp³-hybridized carbons (Fsp3) is 0.286. The molecule has 2 aliphatic heterocycles. The number of anilines is 1. The van der Waals surface area contributed by atoms with Crippen LogP contribution in [0, 0.1) is 0 Å². The molecule has 0 saturated carbocycles. The van der Waals surface area contributed by atoms with Crippen molar-refractivity contribution in [3.8, 4) is 5.75 Å². The Bertz CT molecular complexity index is 1100. The highest BCUT2D eigenvalue weighted by molar-refractivity contribution is 5.95. The molecule has 0 N–H and O–H groups in total. The summed E-state index contributed by atoms with van der Waals surface area (Å²) in [5.41, 5.74) is 3.22. The molecular weight excluding hydrogens is 426 g/mol. The number of hydrogen-bond donors (Lipinski definition) is 0. The second-order valence-electron chi connectivity index (χ2n) is 8.79. The summed E-state index contributed by atoms with van der Waals surface area (Å²) < 4.78 is 6.04. The van der Waals surface area contributed by atoms with Crippen LogP contribution >= 0.6 is 0 Å². The molecule has 1 atom stereocenters. The van der Waals surface area contributed by atoms with Crippen molar-refractivity contribution in [3.63, 3.8) is 0 Å². The second kappa shape index (κ2) is 9.69. The molecule has 3 aromatic rings. The lowest BCUT2D eigenvalue weighted by molar-refractivity contribution is -0.140. The van der Waals surface area contributed by atoms with Crippen molar-refractivity contribution in [3.05, 3.63) is 96.1 Å². The van der Waals surface area contributed by atoms with E-state index in [2.05, 4.69) is 53.4 Å². The van der Waals surface area contributed by atoms with E-state index in [1.807, 2.05) is 41.3 Å².